The third-order valence-corrected chi connectivity index (χ3v) is 8.39. The minimum atomic E-state index is -0.118. The summed E-state index contributed by atoms with van der Waals surface area (Å²) in [6.45, 7) is 9.92. The van der Waals surface area contributed by atoms with E-state index < -0.39 is 0 Å². The third-order valence-electron chi connectivity index (χ3n) is 8.39. The third kappa shape index (κ3) is 7.64. The number of amides is 1. The number of carbonyl (C=O) groups excluding carboxylic acids is 3. The van der Waals surface area contributed by atoms with Crippen molar-refractivity contribution in [2.24, 2.45) is 0 Å². The van der Waals surface area contributed by atoms with Crippen LogP contribution in [-0.2, 0) is 20.8 Å². The van der Waals surface area contributed by atoms with Gasteiger partial charge in [0.15, 0.2) is 11.6 Å². The molecule has 2 aromatic carbocycles. The summed E-state index contributed by atoms with van der Waals surface area (Å²) in [5.41, 5.74) is 7.83. The standard InChI is InChI=1S/C34H43N3O3/c1-25-26(2)34(40)32(27(3)33(25)39)30(29-15-9-5-10-16-29)17-11-6-12-18-31(38)35-37-23-21-36(22-24-37)20-19-28-13-7-4-8-14-28/h4-5,7-10,13-16,30H,6,11-12,17-24H2,1-3H3,(H,35,38). The zero-order valence-electron chi connectivity index (χ0n) is 24.2. The average molecular weight is 542 g/mol. The summed E-state index contributed by atoms with van der Waals surface area (Å²) in [6, 6.07) is 20.6. The van der Waals surface area contributed by atoms with Gasteiger partial charge in [-0.3, -0.25) is 19.8 Å². The Morgan fingerprint density at radius 2 is 1.40 bits per heavy atom. The lowest BCUT2D eigenvalue weighted by molar-refractivity contribution is -0.127. The minimum absolute atomic E-state index is 0.0111. The van der Waals surface area contributed by atoms with Crippen molar-refractivity contribution in [3.05, 3.63) is 94.1 Å². The molecule has 1 saturated heterocycles. The van der Waals surface area contributed by atoms with Gasteiger partial charge in [-0.15, -0.1) is 0 Å². The first kappa shape index (κ1) is 29.6. The summed E-state index contributed by atoms with van der Waals surface area (Å²) >= 11 is 0. The fourth-order valence-electron chi connectivity index (χ4n) is 5.76. The Bertz CT molecular complexity index is 1240. The van der Waals surface area contributed by atoms with Gasteiger partial charge in [0.25, 0.3) is 0 Å². The zero-order valence-corrected chi connectivity index (χ0v) is 24.2. The maximum atomic E-state index is 13.3. The Labute approximate surface area is 239 Å². The van der Waals surface area contributed by atoms with Gasteiger partial charge in [0.2, 0.25) is 5.91 Å². The van der Waals surface area contributed by atoms with Gasteiger partial charge >= 0.3 is 0 Å². The van der Waals surface area contributed by atoms with Crippen molar-refractivity contribution in [2.75, 3.05) is 32.7 Å². The molecule has 0 radical (unpaired) electrons. The summed E-state index contributed by atoms with van der Waals surface area (Å²) in [4.78, 5) is 41.2. The number of ketones is 2. The van der Waals surface area contributed by atoms with Gasteiger partial charge < -0.3 is 4.90 Å². The van der Waals surface area contributed by atoms with Gasteiger partial charge in [0.1, 0.15) is 0 Å². The van der Waals surface area contributed by atoms with Crippen molar-refractivity contribution in [2.45, 2.75) is 65.2 Å². The SMILES string of the molecule is CC1=C(C)C(=O)C(C(CCCCCC(=O)NN2CCN(CCc3ccccc3)CC2)c2ccccc2)=C(C)C1=O. The Morgan fingerprint density at radius 1 is 0.775 bits per heavy atom. The number of nitrogens with one attached hydrogen (secondary N) is 1. The Balaban J connectivity index is 1.20. The summed E-state index contributed by atoms with van der Waals surface area (Å²) in [5.74, 6) is -0.0855. The topological polar surface area (TPSA) is 69.7 Å². The molecule has 1 fully saturated rings. The van der Waals surface area contributed by atoms with Crippen molar-refractivity contribution in [3.8, 4) is 0 Å². The van der Waals surface area contributed by atoms with Gasteiger partial charge in [-0.05, 0) is 51.2 Å². The van der Waals surface area contributed by atoms with Crippen molar-refractivity contribution >= 4 is 17.5 Å². The number of Topliss-reactive ketones (excluding diaryl/α,β-unsaturated/α-hetero) is 2. The van der Waals surface area contributed by atoms with E-state index in [0.717, 1.165) is 70.4 Å². The van der Waals surface area contributed by atoms with E-state index >= 15 is 0 Å². The molecule has 1 heterocycles. The van der Waals surface area contributed by atoms with Gasteiger partial charge in [-0.2, -0.15) is 0 Å². The molecule has 1 atom stereocenters. The number of hydrazine groups is 1. The predicted molar refractivity (Wildman–Crippen MR) is 160 cm³/mol. The second-order valence-electron chi connectivity index (χ2n) is 11.1. The summed E-state index contributed by atoms with van der Waals surface area (Å²) in [6.07, 6.45) is 4.89. The highest BCUT2D eigenvalue weighted by Gasteiger charge is 2.33. The van der Waals surface area contributed by atoms with Crippen LogP contribution < -0.4 is 5.43 Å². The molecule has 212 valence electrons. The highest BCUT2D eigenvalue weighted by Crippen LogP contribution is 2.37. The van der Waals surface area contributed by atoms with Crippen molar-refractivity contribution < 1.29 is 14.4 Å². The molecule has 2 aliphatic rings. The van der Waals surface area contributed by atoms with Crippen LogP contribution in [0.4, 0.5) is 0 Å². The molecule has 1 unspecified atom stereocenters. The maximum Gasteiger partial charge on any atom is 0.234 e. The van der Waals surface area contributed by atoms with Gasteiger partial charge in [0, 0.05) is 67.4 Å². The Morgan fingerprint density at radius 3 is 2.08 bits per heavy atom. The van der Waals surface area contributed by atoms with Crippen LogP contribution in [0.2, 0.25) is 0 Å². The largest absolute Gasteiger partial charge is 0.300 e. The van der Waals surface area contributed by atoms with Gasteiger partial charge in [0.05, 0.1) is 0 Å². The summed E-state index contributed by atoms with van der Waals surface area (Å²) in [5, 5.41) is 2.05. The molecule has 6 heteroatoms. The van der Waals surface area contributed by atoms with E-state index in [1.54, 1.807) is 20.8 Å². The molecule has 4 rings (SSSR count). The smallest absolute Gasteiger partial charge is 0.234 e. The summed E-state index contributed by atoms with van der Waals surface area (Å²) in [7, 11) is 0. The monoisotopic (exact) mass is 541 g/mol. The van der Waals surface area contributed by atoms with Gasteiger partial charge in [-0.1, -0.05) is 73.5 Å². The molecule has 0 saturated carbocycles. The quantitative estimate of drug-likeness (QED) is 0.287. The normalized spacial score (nSPS) is 17.9. The van der Waals surface area contributed by atoms with Crippen LogP contribution in [0.5, 0.6) is 0 Å². The van der Waals surface area contributed by atoms with Crippen molar-refractivity contribution in [1.82, 2.24) is 15.3 Å². The second kappa shape index (κ2) is 14.3. The number of hydrogen-bond donors (Lipinski definition) is 1. The highest BCUT2D eigenvalue weighted by atomic mass is 16.2. The van der Waals surface area contributed by atoms with Crippen LogP contribution in [0.1, 0.15) is 69.9 Å². The molecule has 1 N–H and O–H groups in total. The Kier molecular flexibility index (Phi) is 10.6. The number of carbonyl (C=O) groups is 3. The number of rotatable bonds is 12. The van der Waals surface area contributed by atoms with Gasteiger partial charge in [-0.25, -0.2) is 5.01 Å². The fourth-order valence-corrected chi connectivity index (χ4v) is 5.76. The minimum Gasteiger partial charge on any atom is -0.300 e. The van der Waals surface area contributed by atoms with E-state index in [1.807, 2.05) is 41.4 Å². The first-order chi connectivity index (χ1) is 19.3. The number of piperazine rings is 1. The Hall–Kier alpha value is -3.35. The molecule has 6 nitrogen and oxygen atoms in total. The van der Waals surface area contributed by atoms with Crippen molar-refractivity contribution in [1.29, 1.82) is 0 Å². The lowest BCUT2D eigenvalue weighted by Gasteiger charge is -2.34. The van der Waals surface area contributed by atoms with Crippen LogP contribution in [0.3, 0.4) is 0 Å². The van der Waals surface area contributed by atoms with E-state index in [2.05, 4.69) is 34.6 Å². The number of hydrogen-bond acceptors (Lipinski definition) is 5. The number of unbranched alkanes of at least 4 members (excludes halogenated alkanes) is 2. The first-order valence-corrected chi connectivity index (χ1v) is 14.7. The molecule has 0 aromatic heterocycles. The zero-order chi connectivity index (χ0) is 28.5. The number of benzene rings is 2. The molecule has 1 amide bonds. The molecular formula is C34H43N3O3. The number of nitrogens with zero attached hydrogens (tertiary/aromatic N) is 2. The average Bonchev–Trinajstić information content (AvgIpc) is 2.98. The van der Waals surface area contributed by atoms with E-state index in [-0.39, 0.29) is 23.4 Å². The highest BCUT2D eigenvalue weighted by molar-refractivity contribution is 6.25. The maximum absolute atomic E-state index is 13.3. The lowest BCUT2D eigenvalue weighted by atomic mass is 9.76. The molecule has 2 aromatic rings. The van der Waals surface area contributed by atoms with E-state index in [4.69, 9.17) is 0 Å². The van der Waals surface area contributed by atoms with Crippen LogP contribution in [0.25, 0.3) is 0 Å². The van der Waals surface area contributed by atoms with E-state index in [9.17, 15) is 14.4 Å². The van der Waals surface area contributed by atoms with E-state index in [0.29, 0.717) is 28.7 Å². The van der Waals surface area contributed by atoms with Crippen LogP contribution >= 0.6 is 0 Å². The number of allylic oxidation sites excluding steroid dienone is 4. The first-order valence-electron chi connectivity index (χ1n) is 14.7. The lowest BCUT2D eigenvalue weighted by Crippen LogP contribution is -2.53. The van der Waals surface area contributed by atoms with Crippen LogP contribution in [-0.4, -0.2) is 60.1 Å². The molecule has 40 heavy (non-hydrogen) atoms. The molecule has 1 aliphatic carbocycles. The van der Waals surface area contributed by atoms with Crippen LogP contribution in [0.15, 0.2) is 83.0 Å². The summed E-state index contributed by atoms with van der Waals surface area (Å²) < 4.78 is 0. The van der Waals surface area contributed by atoms with Crippen LogP contribution in [0, 0.1) is 0 Å². The van der Waals surface area contributed by atoms with Crippen molar-refractivity contribution in [3.63, 3.8) is 0 Å². The molecule has 1 aliphatic heterocycles. The molecule has 0 bridgehead atoms. The van der Waals surface area contributed by atoms with E-state index in [1.165, 1.54) is 5.56 Å². The predicted octanol–water partition coefficient (Wildman–Crippen LogP) is 5.42. The second-order valence-corrected chi connectivity index (χ2v) is 11.1. The fraction of sp³-hybridized carbons (Fsp3) is 0.441. The molecule has 0 spiro atoms. The molecular weight excluding hydrogens is 498 g/mol.